The molecule has 24 heavy (non-hydrogen) atoms. The molecule has 1 saturated heterocycles. The summed E-state index contributed by atoms with van der Waals surface area (Å²) >= 11 is 3.33. The van der Waals surface area contributed by atoms with Crippen LogP contribution < -0.4 is 5.32 Å². The molecule has 0 unspecified atom stereocenters. The molecule has 1 aliphatic rings. The number of thioether (sulfide) groups is 1. The van der Waals surface area contributed by atoms with Crippen LogP contribution in [0.5, 0.6) is 0 Å². The van der Waals surface area contributed by atoms with Crippen LogP contribution >= 0.6 is 23.1 Å². The van der Waals surface area contributed by atoms with Gasteiger partial charge in [0.25, 0.3) is 0 Å². The Kier molecular flexibility index (Phi) is 5.93. The Hall–Kier alpha value is -1.79. The molecule has 3 rings (SSSR count). The van der Waals surface area contributed by atoms with E-state index in [1.165, 1.54) is 4.88 Å². The molecule has 2 heterocycles. The van der Waals surface area contributed by atoms with Gasteiger partial charge in [0, 0.05) is 35.8 Å². The summed E-state index contributed by atoms with van der Waals surface area (Å²) in [7, 11) is 0. The Labute approximate surface area is 150 Å². The van der Waals surface area contributed by atoms with E-state index in [-0.39, 0.29) is 11.8 Å². The van der Waals surface area contributed by atoms with Gasteiger partial charge < -0.3 is 10.2 Å². The van der Waals surface area contributed by atoms with Gasteiger partial charge in [0.15, 0.2) is 0 Å². The SMILES string of the molecule is O=C(CSCc1cccs1)Nc1cccc(CN2CCCC2=O)c1. The number of thiophene rings is 1. The largest absolute Gasteiger partial charge is 0.338 e. The van der Waals surface area contributed by atoms with Crippen LogP contribution in [0.15, 0.2) is 41.8 Å². The first kappa shape index (κ1) is 17.0. The predicted molar refractivity (Wildman–Crippen MR) is 100 cm³/mol. The van der Waals surface area contributed by atoms with Crippen molar-refractivity contribution >= 4 is 40.6 Å². The van der Waals surface area contributed by atoms with Gasteiger partial charge in [-0.1, -0.05) is 18.2 Å². The number of hydrogen-bond acceptors (Lipinski definition) is 4. The monoisotopic (exact) mass is 360 g/mol. The zero-order valence-corrected chi connectivity index (χ0v) is 15.0. The van der Waals surface area contributed by atoms with E-state index >= 15 is 0 Å². The Bertz CT molecular complexity index is 701. The maximum atomic E-state index is 12.1. The van der Waals surface area contributed by atoms with Crippen molar-refractivity contribution in [1.82, 2.24) is 4.90 Å². The summed E-state index contributed by atoms with van der Waals surface area (Å²) < 4.78 is 0. The molecule has 0 bridgehead atoms. The van der Waals surface area contributed by atoms with Gasteiger partial charge in [0.2, 0.25) is 11.8 Å². The number of benzene rings is 1. The Morgan fingerprint density at radius 2 is 2.21 bits per heavy atom. The molecule has 2 amide bonds. The topological polar surface area (TPSA) is 49.4 Å². The smallest absolute Gasteiger partial charge is 0.234 e. The average molecular weight is 361 g/mol. The van der Waals surface area contributed by atoms with Crippen LogP contribution in [0.3, 0.4) is 0 Å². The Balaban J connectivity index is 1.48. The van der Waals surface area contributed by atoms with E-state index < -0.39 is 0 Å². The van der Waals surface area contributed by atoms with E-state index in [1.807, 2.05) is 40.6 Å². The summed E-state index contributed by atoms with van der Waals surface area (Å²) in [5.41, 5.74) is 1.84. The van der Waals surface area contributed by atoms with Gasteiger partial charge in [0.05, 0.1) is 5.75 Å². The minimum absolute atomic E-state index is 0.00551. The van der Waals surface area contributed by atoms with E-state index in [0.717, 1.165) is 30.0 Å². The second kappa shape index (κ2) is 8.35. The number of nitrogens with zero attached hydrogens (tertiary/aromatic N) is 1. The summed E-state index contributed by atoms with van der Waals surface area (Å²) in [6, 6.07) is 11.9. The zero-order valence-electron chi connectivity index (χ0n) is 13.4. The van der Waals surface area contributed by atoms with Gasteiger partial charge in [-0.3, -0.25) is 9.59 Å². The normalized spacial score (nSPS) is 14.2. The molecule has 1 N–H and O–H groups in total. The Morgan fingerprint density at radius 1 is 1.29 bits per heavy atom. The van der Waals surface area contributed by atoms with Crippen molar-refractivity contribution < 1.29 is 9.59 Å². The molecule has 0 aliphatic carbocycles. The highest BCUT2D eigenvalue weighted by Crippen LogP contribution is 2.19. The molecular weight excluding hydrogens is 340 g/mol. The van der Waals surface area contributed by atoms with Crippen molar-refractivity contribution in [3.05, 3.63) is 52.2 Å². The summed E-state index contributed by atoms with van der Waals surface area (Å²) in [5.74, 6) is 1.52. The second-order valence-electron chi connectivity index (χ2n) is 5.74. The molecule has 2 aromatic rings. The van der Waals surface area contributed by atoms with Crippen LogP contribution in [0.25, 0.3) is 0 Å². The molecule has 6 heteroatoms. The fraction of sp³-hybridized carbons (Fsp3) is 0.333. The highest BCUT2D eigenvalue weighted by molar-refractivity contribution is 7.99. The van der Waals surface area contributed by atoms with Gasteiger partial charge in [-0.25, -0.2) is 0 Å². The summed E-state index contributed by atoms with van der Waals surface area (Å²) in [5, 5.41) is 4.99. The van der Waals surface area contributed by atoms with Crippen LogP contribution in [0.1, 0.15) is 23.3 Å². The number of carbonyl (C=O) groups excluding carboxylic acids is 2. The van der Waals surface area contributed by atoms with Crippen LogP contribution in [0, 0.1) is 0 Å². The fourth-order valence-electron chi connectivity index (χ4n) is 2.68. The minimum Gasteiger partial charge on any atom is -0.338 e. The molecule has 1 aromatic carbocycles. The molecule has 0 radical (unpaired) electrons. The van der Waals surface area contributed by atoms with Crippen molar-refractivity contribution in [2.45, 2.75) is 25.1 Å². The van der Waals surface area contributed by atoms with Gasteiger partial charge >= 0.3 is 0 Å². The standard InChI is InChI=1S/C18H20N2O2S2/c21-17(13-23-12-16-6-3-9-24-16)19-15-5-1-4-14(10-15)11-20-8-2-7-18(20)22/h1,3-6,9-10H,2,7-8,11-13H2,(H,19,21). The molecular formula is C18H20N2O2S2. The van der Waals surface area contributed by atoms with Crippen molar-refractivity contribution in [3.8, 4) is 0 Å². The third-order valence-electron chi connectivity index (χ3n) is 3.81. The molecule has 0 spiro atoms. The highest BCUT2D eigenvalue weighted by Gasteiger charge is 2.20. The number of amides is 2. The van der Waals surface area contributed by atoms with Crippen LogP contribution in [0.2, 0.25) is 0 Å². The predicted octanol–water partition coefficient (Wildman–Crippen LogP) is 3.74. The molecule has 0 atom stereocenters. The van der Waals surface area contributed by atoms with Gasteiger partial charge in [-0.2, -0.15) is 0 Å². The van der Waals surface area contributed by atoms with Crippen molar-refractivity contribution in [1.29, 1.82) is 0 Å². The third-order valence-corrected chi connectivity index (χ3v) is 5.85. The summed E-state index contributed by atoms with van der Waals surface area (Å²) in [4.78, 5) is 26.9. The molecule has 1 fully saturated rings. The maximum Gasteiger partial charge on any atom is 0.234 e. The number of hydrogen-bond donors (Lipinski definition) is 1. The first-order valence-electron chi connectivity index (χ1n) is 7.97. The quantitative estimate of drug-likeness (QED) is 0.818. The number of likely N-dealkylation sites (tertiary alicyclic amines) is 1. The van der Waals surface area contributed by atoms with Crippen molar-refractivity contribution in [2.75, 3.05) is 17.6 Å². The molecule has 1 aliphatic heterocycles. The molecule has 1 aromatic heterocycles. The minimum atomic E-state index is 0.00551. The average Bonchev–Trinajstić information content (AvgIpc) is 3.20. The van der Waals surface area contributed by atoms with E-state index in [4.69, 9.17) is 0 Å². The van der Waals surface area contributed by atoms with Crippen molar-refractivity contribution in [3.63, 3.8) is 0 Å². The highest BCUT2D eigenvalue weighted by atomic mass is 32.2. The maximum absolute atomic E-state index is 12.1. The number of anilines is 1. The van der Waals surface area contributed by atoms with E-state index in [1.54, 1.807) is 23.1 Å². The molecule has 126 valence electrons. The first-order valence-corrected chi connectivity index (χ1v) is 10.0. The summed E-state index contributed by atoms with van der Waals surface area (Å²) in [6.07, 6.45) is 1.59. The second-order valence-corrected chi connectivity index (χ2v) is 7.76. The lowest BCUT2D eigenvalue weighted by molar-refractivity contribution is -0.128. The third kappa shape index (κ3) is 4.85. The van der Waals surface area contributed by atoms with Crippen LogP contribution in [-0.4, -0.2) is 29.0 Å². The molecule has 4 nitrogen and oxygen atoms in total. The van der Waals surface area contributed by atoms with Gasteiger partial charge in [-0.15, -0.1) is 23.1 Å². The van der Waals surface area contributed by atoms with Crippen LogP contribution in [0.4, 0.5) is 5.69 Å². The Morgan fingerprint density at radius 3 is 2.96 bits per heavy atom. The zero-order chi connectivity index (χ0) is 16.8. The number of carbonyl (C=O) groups is 2. The van der Waals surface area contributed by atoms with Gasteiger partial charge in [-0.05, 0) is 35.6 Å². The molecule has 0 saturated carbocycles. The lowest BCUT2D eigenvalue weighted by Crippen LogP contribution is -2.23. The van der Waals surface area contributed by atoms with E-state index in [0.29, 0.717) is 18.7 Å². The van der Waals surface area contributed by atoms with Crippen LogP contribution in [-0.2, 0) is 21.9 Å². The number of rotatable bonds is 7. The first-order chi connectivity index (χ1) is 11.7. The van der Waals surface area contributed by atoms with Gasteiger partial charge in [0.1, 0.15) is 0 Å². The fourth-order valence-corrected chi connectivity index (χ4v) is 4.34. The van der Waals surface area contributed by atoms with E-state index in [9.17, 15) is 9.59 Å². The lowest BCUT2D eigenvalue weighted by atomic mass is 10.2. The number of nitrogens with one attached hydrogen (secondary N) is 1. The van der Waals surface area contributed by atoms with Crippen molar-refractivity contribution in [2.24, 2.45) is 0 Å². The lowest BCUT2D eigenvalue weighted by Gasteiger charge is -2.16. The summed E-state index contributed by atoms with van der Waals surface area (Å²) in [6.45, 7) is 1.45. The van der Waals surface area contributed by atoms with E-state index in [2.05, 4.69) is 11.4 Å².